The van der Waals surface area contributed by atoms with E-state index in [1.165, 1.54) is 0 Å². The van der Waals surface area contributed by atoms with Crippen LogP contribution in [0.15, 0.2) is 48.8 Å². The lowest BCUT2D eigenvalue weighted by Gasteiger charge is -2.25. The van der Waals surface area contributed by atoms with Gasteiger partial charge in [-0.2, -0.15) is 5.10 Å². The molecule has 6 heteroatoms. The molecule has 0 aliphatic carbocycles. The number of likely N-dealkylation sites (tertiary alicyclic amines) is 1. The van der Waals surface area contributed by atoms with Crippen molar-refractivity contribution in [1.29, 1.82) is 0 Å². The number of nitrogens with one attached hydrogen (secondary N) is 1. The third-order valence-corrected chi connectivity index (χ3v) is 5.18. The molecule has 3 aromatic rings. The predicted molar refractivity (Wildman–Crippen MR) is 100 cm³/mol. The fourth-order valence-corrected chi connectivity index (χ4v) is 3.86. The van der Waals surface area contributed by atoms with Crippen LogP contribution < -0.4 is 5.32 Å². The second-order valence-corrected chi connectivity index (χ2v) is 6.71. The SMILES string of the molecule is CCn1nc(CN[C@@H]2CC(=O)N(C)[C@H]2c2cccnc2)c2ccccc21. The number of hydrogen-bond acceptors (Lipinski definition) is 4. The van der Waals surface area contributed by atoms with E-state index in [-0.39, 0.29) is 18.0 Å². The summed E-state index contributed by atoms with van der Waals surface area (Å²) in [7, 11) is 1.86. The second-order valence-electron chi connectivity index (χ2n) is 6.71. The number of carbonyl (C=O) groups is 1. The molecule has 3 heterocycles. The summed E-state index contributed by atoms with van der Waals surface area (Å²) in [5, 5.41) is 9.48. The van der Waals surface area contributed by atoms with Crippen LogP contribution in [0.5, 0.6) is 0 Å². The first kappa shape index (κ1) is 16.7. The Morgan fingerprint density at radius 2 is 2.08 bits per heavy atom. The largest absolute Gasteiger partial charge is 0.337 e. The van der Waals surface area contributed by atoms with E-state index in [2.05, 4.69) is 29.4 Å². The van der Waals surface area contributed by atoms with Crippen molar-refractivity contribution in [2.45, 2.75) is 38.5 Å². The Labute approximate surface area is 152 Å². The lowest BCUT2D eigenvalue weighted by atomic mass is 10.0. The monoisotopic (exact) mass is 349 g/mol. The Bertz CT molecular complexity index is 920. The maximum absolute atomic E-state index is 12.3. The van der Waals surface area contributed by atoms with Crippen LogP contribution in [0.2, 0.25) is 0 Å². The molecule has 1 saturated heterocycles. The molecule has 0 spiro atoms. The molecule has 6 nitrogen and oxygen atoms in total. The summed E-state index contributed by atoms with van der Waals surface area (Å²) in [4.78, 5) is 18.3. The molecule has 1 N–H and O–H groups in total. The summed E-state index contributed by atoms with van der Waals surface area (Å²) in [6.07, 6.45) is 4.09. The first-order valence-corrected chi connectivity index (χ1v) is 9.02. The van der Waals surface area contributed by atoms with Gasteiger partial charge in [0.15, 0.2) is 0 Å². The highest BCUT2D eigenvalue weighted by molar-refractivity contribution is 5.82. The van der Waals surface area contributed by atoms with Gasteiger partial charge in [-0.3, -0.25) is 14.5 Å². The number of para-hydroxylation sites is 1. The van der Waals surface area contributed by atoms with Gasteiger partial charge < -0.3 is 10.2 Å². The molecule has 1 aromatic carbocycles. The minimum atomic E-state index is -0.00396. The minimum absolute atomic E-state index is 0.00396. The Morgan fingerprint density at radius 1 is 1.23 bits per heavy atom. The third-order valence-electron chi connectivity index (χ3n) is 5.18. The first-order chi connectivity index (χ1) is 12.7. The molecule has 4 rings (SSSR count). The number of hydrogen-bond donors (Lipinski definition) is 1. The highest BCUT2D eigenvalue weighted by Gasteiger charge is 2.38. The van der Waals surface area contributed by atoms with Gasteiger partial charge in [-0.25, -0.2) is 0 Å². The average molecular weight is 349 g/mol. The molecular formula is C20H23N5O. The molecule has 0 bridgehead atoms. The number of aryl methyl sites for hydroxylation is 1. The van der Waals surface area contributed by atoms with E-state index in [0.29, 0.717) is 13.0 Å². The number of nitrogens with zero attached hydrogens (tertiary/aromatic N) is 4. The molecule has 1 aliphatic rings. The van der Waals surface area contributed by atoms with Crippen LogP contribution in [0, 0.1) is 0 Å². The highest BCUT2D eigenvalue weighted by atomic mass is 16.2. The summed E-state index contributed by atoms with van der Waals surface area (Å²) in [6.45, 7) is 3.57. The van der Waals surface area contributed by atoms with Gasteiger partial charge in [-0.1, -0.05) is 24.3 Å². The highest BCUT2D eigenvalue weighted by Crippen LogP contribution is 2.31. The number of aromatic nitrogens is 3. The van der Waals surface area contributed by atoms with E-state index in [9.17, 15) is 4.79 Å². The van der Waals surface area contributed by atoms with E-state index in [1.807, 2.05) is 47.1 Å². The summed E-state index contributed by atoms with van der Waals surface area (Å²) in [5.74, 6) is 0.153. The fourth-order valence-electron chi connectivity index (χ4n) is 3.86. The molecule has 1 amide bonds. The maximum Gasteiger partial charge on any atom is 0.224 e. The van der Waals surface area contributed by atoms with Crippen molar-refractivity contribution in [2.24, 2.45) is 0 Å². The zero-order valence-corrected chi connectivity index (χ0v) is 15.1. The standard InChI is InChI=1S/C20H23N5O/c1-3-25-18-9-5-4-8-15(18)17(23-25)13-22-16-11-19(26)24(2)20(16)14-7-6-10-21-12-14/h4-10,12,16,20,22H,3,11,13H2,1-2H3/t16-,20+/m1/s1. The number of pyridine rings is 1. The van der Waals surface area contributed by atoms with Gasteiger partial charge in [-0.15, -0.1) is 0 Å². The van der Waals surface area contributed by atoms with E-state index < -0.39 is 0 Å². The van der Waals surface area contributed by atoms with Crippen molar-refractivity contribution in [2.75, 3.05) is 7.05 Å². The molecule has 2 atom stereocenters. The summed E-state index contributed by atoms with van der Waals surface area (Å²) in [6, 6.07) is 12.3. The molecule has 2 aromatic heterocycles. The maximum atomic E-state index is 12.3. The van der Waals surface area contributed by atoms with E-state index >= 15 is 0 Å². The third kappa shape index (κ3) is 2.86. The number of likely N-dealkylation sites (N-methyl/N-ethyl adjacent to an activating group) is 1. The van der Waals surface area contributed by atoms with E-state index in [1.54, 1.807) is 6.20 Å². The smallest absolute Gasteiger partial charge is 0.224 e. The lowest BCUT2D eigenvalue weighted by molar-refractivity contribution is -0.127. The summed E-state index contributed by atoms with van der Waals surface area (Å²) in [5.41, 5.74) is 3.23. The Kier molecular flexibility index (Phi) is 4.42. The van der Waals surface area contributed by atoms with Crippen molar-refractivity contribution in [1.82, 2.24) is 25.0 Å². The van der Waals surface area contributed by atoms with E-state index in [4.69, 9.17) is 5.10 Å². The van der Waals surface area contributed by atoms with Crippen LogP contribution in [0.3, 0.4) is 0 Å². The van der Waals surface area contributed by atoms with Gasteiger partial charge in [0.2, 0.25) is 5.91 Å². The normalized spacial score (nSPS) is 20.2. The Balaban J connectivity index is 1.58. The van der Waals surface area contributed by atoms with Gasteiger partial charge >= 0.3 is 0 Å². The van der Waals surface area contributed by atoms with Crippen LogP contribution in [0.25, 0.3) is 10.9 Å². The van der Waals surface area contributed by atoms with Crippen LogP contribution in [0.1, 0.15) is 30.6 Å². The topological polar surface area (TPSA) is 63.1 Å². The second kappa shape index (κ2) is 6.88. The van der Waals surface area contributed by atoms with Gasteiger partial charge in [-0.05, 0) is 24.6 Å². The van der Waals surface area contributed by atoms with Crippen molar-refractivity contribution in [3.05, 3.63) is 60.0 Å². The average Bonchev–Trinajstić information content (AvgIpc) is 3.18. The molecule has 1 aliphatic heterocycles. The Hall–Kier alpha value is -2.73. The molecule has 134 valence electrons. The number of amides is 1. The van der Waals surface area contributed by atoms with Crippen LogP contribution in [-0.4, -0.2) is 38.7 Å². The predicted octanol–water partition coefficient (Wildman–Crippen LogP) is 2.51. The summed E-state index contributed by atoms with van der Waals surface area (Å²) < 4.78 is 2.02. The molecule has 0 radical (unpaired) electrons. The zero-order chi connectivity index (χ0) is 18.1. The van der Waals surface area contributed by atoms with Gasteiger partial charge in [0.05, 0.1) is 17.3 Å². The number of fused-ring (bicyclic) bond motifs is 1. The van der Waals surface area contributed by atoms with Crippen LogP contribution in [0.4, 0.5) is 0 Å². The summed E-state index contributed by atoms with van der Waals surface area (Å²) >= 11 is 0. The minimum Gasteiger partial charge on any atom is -0.337 e. The molecule has 1 fully saturated rings. The van der Waals surface area contributed by atoms with Gasteiger partial charge in [0, 0.05) is 50.4 Å². The van der Waals surface area contributed by atoms with Crippen molar-refractivity contribution in [3.8, 4) is 0 Å². The Morgan fingerprint density at radius 3 is 2.85 bits per heavy atom. The quantitative estimate of drug-likeness (QED) is 0.769. The molecule has 26 heavy (non-hydrogen) atoms. The van der Waals surface area contributed by atoms with Crippen LogP contribution in [-0.2, 0) is 17.9 Å². The molecule has 0 saturated carbocycles. The fraction of sp³-hybridized carbons (Fsp3) is 0.350. The van der Waals surface area contributed by atoms with Crippen molar-refractivity contribution >= 4 is 16.8 Å². The molecule has 0 unspecified atom stereocenters. The zero-order valence-electron chi connectivity index (χ0n) is 15.1. The first-order valence-electron chi connectivity index (χ1n) is 9.02. The number of rotatable bonds is 5. The van der Waals surface area contributed by atoms with Crippen LogP contribution >= 0.6 is 0 Å². The van der Waals surface area contributed by atoms with Gasteiger partial charge in [0.25, 0.3) is 0 Å². The van der Waals surface area contributed by atoms with Crippen molar-refractivity contribution in [3.63, 3.8) is 0 Å². The number of benzene rings is 1. The van der Waals surface area contributed by atoms with E-state index in [0.717, 1.165) is 28.7 Å². The lowest BCUT2D eigenvalue weighted by Crippen LogP contribution is -2.35. The molecular weight excluding hydrogens is 326 g/mol. The van der Waals surface area contributed by atoms with Crippen molar-refractivity contribution < 1.29 is 4.79 Å². The number of carbonyl (C=O) groups excluding carboxylic acids is 1. The van der Waals surface area contributed by atoms with Gasteiger partial charge in [0.1, 0.15) is 0 Å².